The molecule has 0 aliphatic carbocycles. The maximum atomic E-state index is 12.5. The number of carboxylic acid groups (broad SMARTS) is 1. The summed E-state index contributed by atoms with van der Waals surface area (Å²) in [5.74, 6) is -0.450. The molecule has 1 fully saturated rings. The molecule has 0 radical (unpaired) electrons. The van der Waals surface area contributed by atoms with Gasteiger partial charge >= 0.3 is 5.97 Å². The fourth-order valence-electron chi connectivity index (χ4n) is 3.85. The van der Waals surface area contributed by atoms with E-state index in [4.69, 9.17) is 5.11 Å². The number of nitrogens with zero attached hydrogens (tertiary/aromatic N) is 2. The monoisotopic (exact) mass is 378 g/mol. The molecule has 7 heteroatoms. The van der Waals surface area contributed by atoms with Crippen LogP contribution in [0.1, 0.15) is 49.0 Å². The van der Waals surface area contributed by atoms with Gasteiger partial charge in [-0.15, -0.1) is 11.3 Å². The first kappa shape index (κ1) is 18.9. The molecule has 1 saturated heterocycles. The number of rotatable bonds is 6. The number of carboxylic acids is 1. The molecule has 142 valence electrons. The van der Waals surface area contributed by atoms with E-state index < -0.39 is 5.97 Å². The van der Waals surface area contributed by atoms with Crippen LogP contribution in [0.4, 0.5) is 0 Å². The molecule has 3 heterocycles. The second-order valence-corrected chi connectivity index (χ2v) is 8.22. The molecule has 1 aromatic rings. The first-order valence-electron chi connectivity index (χ1n) is 9.35. The summed E-state index contributed by atoms with van der Waals surface area (Å²) < 4.78 is 0. The zero-order chi connectivity index (χ0) is 18.5. The lowest BCUT2D eigenvalue weighted by molar-refractivity contribution is -0.139. The summed E-state index contributed by atoms with van der Waals surface area (Å²) in [6.07, 6.45) is 4.08. The first-order chi connectivity index (χ1) is 12.5. The lowest BCUT2D eigenvalue weighted by Crippen LogP contribution is -2.41. The highest BCUT2D eigenvalue weighted by atomic mass is 32.1. The Labute approximate surface area is 157 Å². The summed E-state index contributed by atoms with van der Waals surface area (Å²) in [6.45, 7) is 2.75. The highest BCUT2D eigenvalue weighted by Gasteiger charge is 2.26. The van der Waals surface area contributed by atoms with Crippen LogP contribution in [0, 0.1) is 5.92 Å². The third-order valence-electron chi connectivity index (χ3n) is 5.35. The Bertz CT molecular complexity index is 672. The molecule has 3 rings (SSSR count). The number of fused-ring (bicyclic) bond motifs is 1. The number of carbonyl (C=O) groups is 3. The van der Waals surface area contributed by atoms with E-state index in [0.29, 0.717) is 19.5 Å². The topological polar surface area (TPSA) is 77.9 Å². The minimum Gasteiger partial charge on any atom is -0.481 e. The molecule has 1 atom stereocenters. The largest absolute Gasteiger partial charge is 0.481 e. The molecule has 6 nitrogen and oxygen atoms in total. The summed E-state index contributed by atoms with van der Waals surface area (Å²) in [6, 6.07) is 2.08. The van der Waals surface area contributed by atoms with Crippen LogP contribution in [-0.2, 0) is 27.3 Å². The standard InChI is InChI=1S/C19H26N2O4S/c22-17(20-9-1-2-14(12-20)3-6-19(24)25)4-5-18(23)21-10-7-16-15(13-21)8-11-26-16/h8,11,14H,1-7,9-10,12-13H2,(H,24,25). The second kappa shape index (κ2) is 8.66. The van der Waals surface area contributed by atoms with Crippen molar-refractivity contribution in [3.8, 4) is 0 Å². The Kier molecular flexibility index (Phi) is 6.29. The average molecular weight is 378 g/mol. The first-order valence-corrected chi connectivity index (χ1v) is 10.2. The smallest absolute Gasteiger partial charge is 0.303 e. The van der Waals surface area contributed by atoms with E-state index >= 15 is 0 Å². The lowest BCUT2D eigenvalue weighted by Gasteiger charge is -2.33. The summed E-state index contributed by atoms with van der Waals surface area (Å²) in [7, 11) is 0. The fourth-order valence-corrected chi connectivity index (χ4v) is 4.74. The zero-order valence-corrected chi connectivity index (χ0v) is 15.8. The summed E-state index contributed by atoms with van der Waals surface area (Å²) in [4.78, 5) is 40.7. The minimum atomic E-state index is -0.783. The van der Waals surface area contributed by atoms with Crippen LogP contribution < -0.4 is 0 Å². The van der Waals surface area contributed by atoms with Crippen LogP contribution in [0.2, 0.25) is 0 Å². The molecule has 2 aliphatic heterocycles. The van der Waals surface area contributed by atoms with Crippen molar-refractivity contribution in [1.82, 2.24) is 9.80 Å². The summed E-state index contributed by atoms with van der Waals surface area (Å²) in [5.41, 5.74) is 1.23. The molecule has 0 spiro atoms. The predicted molar refractivity (Wildman–Crippen MR) is 98.8 cm³/mol. The van der Waals surface area contributed by atoms with Crippen molar-refractivity contribution in [3.63, 3.8) is 0 Å². The maximum Gasteiger partial charge on any atom is 0.303 e. The van der Waals surface area contributed by atoms with E-state index in [9.17, 15) is 14.4 Å². The molecule has 2 aliphatic rings. The quantitative estimate of drug-likeness (QED) is 0.825. The van der Waals surface area contributed by atoms with Crippen molar-refractivity contribution in [2.45, 2.75) is 51.5 Å². The van der Waals surface area contributed by atoms with Crippen LogP contribution in [0.5, 0.6) is 0 Å². The predicted octanol–water partition coefficient (Wildman–Crippen LogP) is 2.52. The third kappa shape index (κ3) is 4.84. The SMILES string of the molecule is O=C(O)CCC1CCCN(C(=O)CCC(=O)N2CCc3sccc3C2)C1. The molecule has 26 heavy (non-hydrogen) atoms. The number of hydrogen-bond acceptors (Lipinski definition) is 4. The summed E-state index contributed by atoms with van der Waals surface area (Å²) in [5, 5.41) is 10.9. The van der Waals surface area contributed by atoms with Crippen LogP contribution in [0.25, 0.3) is 0 Å². The van der Waals surface area contributed by atoms with E-state index in [2.05, 4.69) is 11.4 Å². The minimum absolute atomic E-state index is 0.0200. The number of likely N-dealkylation sites (tertiary alicyclic amines) is 1. The number of aliphatic carboxylic acids is 1. The van der Waals surface area contributed by atoms with Gasteiger partial charge in [-0.3, -0.25) is 14.4 Å². The Morgan fingerprint density at radius 3 is 2.65 bits per heavy atom. The molecule has 1 unspecified atom stereocenters. The fraction of sp³-hybridized carbons (Fsp3) is 0.632. The van der Waals surface area contributed by atoms with E-state index in [-0.39, 0.29) is 37.0 Å². The molecule has 1 N–H and O–H groups in total. The molecular formula is C19H26N2O4S. The van der Waals surface area contributed by atoms with Gasteiger partial charge in [0.2, 0.25) is 11.8 Å². The normalized spacial score (nSPS) is 19.9. The van der Waals surface area contributed by atoms with Gasteiger partial charge < -0.3 is 14.9 Å². The van der Waals surface area contributed by atoms with E-state index in [1.165, 1.54) is 10.4 Å². The van der Waals surface area contributed by atoms with Gasteiger partial charge in [0.25, 0.3) is 0 Å². The van der Waals surface area contributed by atoms with Crippen molar-refractivity contribution in [2.75, 3.05) is 19.6 Å². The van der Waals surface area contributed by atoms with Gasteiger partial charge in [-0.25, -0.2) is 0 Å². The lowest BCUT2D eigenvalue weighted by atomic mass is 9.93. The Morgan fingerprint density at radius 2 is 1.88 bits per heavy atom. The van der Waals surface area contributed by atoms with Crippen LogP contribution in [-0.4, -0.2) is 52.3 Å². The third-order valence-corrected chi connectivity index (χ3v) is 6.37. The molecule has 0 saturated carbocycles. The van der Waals surface area contributed by atoms with Crippen LogP contribution >= 0.6 is 11.3 Å². The van der Waals surface area contributed by atoms with Gasteiger partial charge in [-0.2, -0.15) is 0 Å². The molecule has 1 aromatic heterocycles. The zero-order valence-electron chi connectivity index (χ0n) is 15.0. The summed E-state index contributed by atoms with van der Waals surface area (Å²) >= 11 is 1.75. The van der Waals surface area contributed by atoms with Gasteiger partial charge in [0.1, 0.15) is 0 Å². The average Bonchev–Trinajstić information content (AvgIpc) is 3.12. The van der Waals surface area contributed by atoms with Gasteiger partial charge in [0, 0.05) is 50.3 Å². The highest BCUT2D eigenvalue weighted by Crippen LogP contribution is 2.25. The number of hydrogen-bond donors (Lipinski definition) is 1. The van der Waals surface area contributed by atoms with E-state index in [1.54, 1.807) is 11.3 Å². The maximum absolute atomic E-state index is 12.5. The Balaban J connectivity index is 1.43. The number of piperidine rings is 1. The van der Waals surface area contributed by atoms with Crippen molar-refractivity contribution >= 4 is 29.1 Å². The molecule has 0 bridgehead atoms. The van der Waals surface area contributed by atoms with E-state index in [0.717, 1.165) is 32.4 Å². The molecule has 2 amide bonds. The van der Waals surface area contributed by atoms with Crippen LogP contribution in [0.3, 0.4) is 0 Å². The number of amides is 2. The van der Waals surface area contributed by atoms with Gasteiger partial charge in [-0.05, 0) is 48.6 Å². The van der Waals surface area contributed by atoms with E-state index in [1.807, 2.05) is 9.80 Å². The Morgan fingerprint density at radius 1 is 1.12 bits per heavy atom. The van der Waals surface area contributed by atoms with Gasteiger partial charge in [0.05, 0.1) is 0 Å². The van der Waals surface area contributed by atoms with Gasteiger partial charge in [0.15, 0.2) is 0 Å². The van der Waals surface area contributed by atoms with Crippen molar-refractivity contribution in [3.05, 3.63) is 21.9 Å². The number of carbonyl (C=O) groups excluding carboxylic acids is 2. The van der Waals surface area contributed by atoms with Crippen molar-refractivity contribution < 1.29 is 19.5 Å². The second-order valence-electron chi connectivity index (χ2n) is 7.21. The van der Waals surface area contributed by atoms with Gasteiger partial charge in [-0.1, -0.05) is 0 Å². The highest BCUT2D eigenvalue weighted by molar-refractivity contribution is 7.10. The molecular weight excluding hydrogens is 352 g/mol. The Hall–Kier alpha value is -1.89. The molecule has 0 aromatic carbocycles. The van der Waals surface area contributed by atoms with Crippen molar-refractivity contribution in [1.29, 1.82) is 0 Å². The number of thiophene rings is 1. The van der Waals surface area contributed by atoms with Crippen LogP contribution in [0.15, 0.2) is 11.4 Å². The van der Waals surface area contributed by atoms with Crippen molar-refractivity contribution in [2.24, 2.45) is 5.92 Å².